The Morgan fingerprint density at radius 2 is 2.16 bits per heavy atom. The van der Waals surface area contributed by atoms with E-state index in [1.54, 1.807) is 6.20 Å². The lowest BCUT2D eigenvalue weighted by atomic mass is 10.1. The molecule has 0 aromatic carbocycles. The van der Waals surface area contributed by atoms with E-state index in [2.05, 4.69) is 55.5 Å². The topological polar surface area (TPSA) is 28.2 Å². The van der Waals surface area contributed by atoms with Crippen molar-refractivity contribution in [3.8, 4) is 0 Å². The van der Waals surface area contributed by atoms with Crippen molar-refractivity contribution in [1.82, 2.24) is 10.3 Å². The van der Waals surface area contributed by atoms with Gasteiger partial charge in [-0.1, -0.05) is 24.6 Å². The van der Waals surface area contributed by atoms with Gasteiger partial charge in [0.15, 0.2) is 0 Å². The summed E-state index contributed by atoms with van der Waals surface area (Å²) in [5.74, 6) is 0.935. The number of nitrogens with zero attached hydrogens (tertiary/aromatic N) is 2. The highest BCUT2D eigenvalue weighted by Gasteiger charge is 2.22. The second-order valence-corrected chi connectivity index (χ2v) is 5.89. The number of hydrogen-bond donors (Lipinski definition) is 1. The molecule has 0 saturated heterocycles. The van der Waals surface area contributed by atoms with Crippen LogP contribution in [0.3, 0.4) is 0 Å². The van der Waals surface area contributed by atoms with E-state index < -0.39 is 0 Å². The highest BCUT2D eigenvalue weighted by atomic mass is 35.5. The molecule has 1 N–H and O–H groups in total. The maximum atomic E-state index is 6.19. The molecule has 0 unspecified atom stereocenters. The van der Waals surface area contributed by atoms with Crippen LogP contribution >= 0.6 is 11.6 Å². The van der Waals surface area contributed by atoms with Crippen LogP contribution in [0.2, 0.25) is 5.02 Å². The highest BCUT2D eigenvalue weighted by molar-refractivity contribution is 6.31. The Balaban J connectivity index is 3.07. The monoisotopic (exact) mass is 281 g/mol. The van der Waals surface area contributed by atoms with E-state index >= 15 is 0 Å². The number of halogens is 1. The van der Waals surface area contributed by atoms with Crippen LogP contribution in [0.4, 0.5) is 5.82 Å². The molecule has 1 heterocycles. The van der Waals surface area contributed by atoms with Crippen LogP contribution in [0, 0.1) is 0 Å². The normalized spacial score (nSPS) is 11.4. The lowest BCUT2D eigenvalue weighted by Crippen LogP contribution is -2.42. The van der Waals surface area contributed by atoms with Gasteiger partial charge in [-0.05, 0) is 38.9 Å². The summed E-state index contributed by atoms with van der Waals surface area (Å²) in [6.45, 7) is 14.8. The van der Waals surface area contributed by atoms with E-state index in [1.165, 1.54) is 0 Å². The molecule has 0 aliphatic rings. The number of hydrogen-bond acceptors (Lipinski definition) is 3. The molecular formula is C15H24ClN3. The zero-order valence-electron chi connectivity index (χ0n) is 12.3. The first kappa shape index (κ1) is 16.0. The number of anilines is 1. The second-order valence-electron chi connectivity index (χ2n) is 5.48. The third-order valence-corrected chi connectivity index (χ3v) is 3.22. The molecule has 1 aromatic rings. The van der Waals surface area contributed by atoms with E-state index in [9.17, 15) is 0 Å². The Hall–Kier alpha value is -1.06. The predicted octanol–water partition coefficient (Wildman–Crippen LogP) is 3.64. The molecule has 0 saturated carbocycles. The molecule has 3 nitrogen and oxygen atoms in total. The lowest BCUT2D eigenvalue weighted by Gasteiger charge is -2.36. The Kier molecular flexibility index (Phi) is 5.83. The van der Waals surface area contributed by atoms with Gasteiger partial charge in [-0.25, -0.2) is 4.98 Å². The van der Waals surface area contributed by atoms with Crippen molar-refractivity contribution in [2.45, 2.75) is 39.8 Å². The molecule has 0 radical (unpaired) electrons. The first-order chi connectivity index (χ1) is 8.90. The van der Waals surface area contributed by atoms with Crippen molar-refractivity contribution in [1.29, 1.82) is 0 Å². The SMILES string of the molecule is C=CCN(c1cc(CNCC)c(Cl)cn1)C(C)(C)C. The lowest BCUT2D eigenvalue weighted by molar-refractivity contribution is 0.517. The zero-order chi connectivity index (χ0) is 14.5. The molecular weight excluding hydrogens is 258 g/mol. The van der Waals surface area contributed by atoms with Gasteiger partial charge in [0.1, 0.15) is 5.82 Å². The molecule has 0 bridgehead atoms. The van der Waals surface area contributed by atoms with Gasteiger partial charge in [-0.15, -0.1) is 6.58 Å². The van der Waals surface area contributed by atoms with Crippen molar-refractivity contribution >= 4 is 17.4 Å². The molecule has 4 heteroatoms. The summed E-state index contributed by atoms with van der Waals surface area (Å²) < 4.78 is 0. The van der Waals surface area contributed by atoms with Crippen LogP contribution < -0.4 is 10.2 Å². The maximum Gasteiger partial charge on any atom is 0.129 e. The van der Waals surface area contributed by atoms with Gasteiger partial charge in [0.05, 0.1) is 5.02 Å². The summed E-state index contributed by atoms with van der Waals surface area (Å²) in [7, 11) is 0. The van der Waals surface area contributed by atoms with Crippen molar-refractivity contribution in [2.24, 2.45) is 0 Å². The van der Waals surface area contributed by atoms with Crippen LogP contribution in [-0.4, -0.2) is 23.6 Å². The average molecular weight is 282 g/mol. The van der Waals surface area contributed by atoms with Crippen LogP contribution in [0.25, 0.3) is 0 Å². The maximum absolute atomic E-state index is 6.19. The molecule has 0 aliphatic heterocycles. The zero-order valence-corrected chi connectivity index (χ0v) is 13.1. The van der Waals surface area contributed by atoms with Crippen molar-refractivity contribution in [2.75, 3.05) is 18.0 Å². The molecule has 0 amide bonds. The van der Waals surface area contributed by atoms with Crippen LogP contribution in [0.1, 0.15) is 33.3 Å². The fourth-order valence-corrected chi connectivity index (χ4v) is 2.02. The predicted molar refractivity (Wildman–Crippen MR) is 83.9 cm³/mol. The first-order valence-corrected chi connectivity index (χ1v) is 7.01. The number of nitrogens with one attached hydrogen (secondary N) is 1. The quantitative estimate of drug-likeness (QED) is 0.807. The summed E-state index contributed by atoms with van der Waals surface area (Å²) in [6.07, 6.45) is 3.62. The van der Waals surface area contributed by atoms with Crippen molar-refractivity contribution in [3.63, 3.8) is 0 Å². The Bertz CT molecular complexity index is 424. The highest BCUT2D eigenvalue weighted by Crippen LogP contribution is 2.25. The van der Waals surface area contributed by atoms with E-state index in [-0.39, 0.29) is 5.54 Å². The number of pyridine rings is 1. The van der Waals surface area contributed by atoms with Crippen LogP contribution in [-0.2, 0) is 6.54 Å². The summed E-state index contributed by atoms with van der Waals surface area (Å²) in [6, 6.07) is 2.06. The third kappa shape index (κ3) is 4.51. The minimum absolute atomic E-state index is 0.00945. The molecule has 0 spiro atoms. The smallest absolute Gasteiger partial charge is 0.129 e. The van der Waals surface area contributed by atoms with Crippen molar-refractivity contribution in [3.05, 3.63) is 35.5 Å². The summed E-state index contributed by atoms with van der Waals surface area (Å²) in [5, 5.41) is 4.00. The largest absolute Gasteiger partial charge is 0.348 e. The molecule has 1 aromatic heterocycles. The van der Waals surface area contributed by atoms with E-state index in [4.69, 9.17) is 11.6 Å². The third-order valence-electron chi connectivity index (χ3n) is 2.88. The van der Waals surface area contributed by atoms with Crippen LogP contribution in [0.5, 0.6) is 0 Å². The molecule has 106 valence electrons. The van der Waals surface area contributed by atoms with Gasteiger partial charge in [0.2, 0.25) is 0 Å². The van der Waals surface area contributed by atoms with Gasteiger partial charge in [-0.3, -0.25) is 0 Å². The Labute approximate surface area is 121 Å². The van der Waals surface area contributed by atoms with Gasteiger partial charge >= 0.3 is 0 Å². The van der Waals surface area contributed by atoms with Gasteiger partial charge in [-0.2, -0.15) is 0 Å². The number of rotatable bonds is 6. The first-order valence-electron chi connectivity index (χ1n) is 6.63. The minimum atomic E-state index is -0.00945. The second kappa shape index (κ2) is 6.92. The average Bonchev–Trinajstić information content (AvgIpc) is 2.34. The van der Waals surface area contributed by atoms with Crippen molar-refractivity contribution < 1.29 is 0 Å². The number of aromatic nitrogens is 1. The van der Waals surface area contributed by atoms with E-state index in [1.807, 2.05) is 6.08 Å². The molecule has 0 atom stereocenters. The molecule has 1 rings (SSSR count). The molecule has 19 heavy (non-hydrogen) atoms. The summed E-state index contributed by atoms with van der Waals surface area (Å²) in [4.78, 5) is 6.66. The minimum Gasteiger partial charge on any atom is -0.348 e. The van der Waals surface area contributed by atoms with Gasteiger partial charge in [0.25, 0.3) is 0 Å². The standard InChI is InChI=1S/C15H24ClN3/c1-6-8-19(15(3,4)5)14-9-12(10-17-7-2)13(16)11-18-14/h6,9,11,17H,1,7-8,10H2,2-5H3. The molecule has 0 aliphatic carbocycles. The van der Waals surface area contributed by atoms with E-state index in [0.29, 0.717) is 5.02 Å². The fourth-order valence-electron chi connectivity index (χ4n) is 1.85. The van der Waals surface area contributed by atoms with E-state index in [0.717, 1.165) is 31.0 Å². The summed E-state index contributed by atoms with van der Waals surface area (Å²) in [5.41, 5.74) is 1.07. The molecule has 0 fully saturated rings. The van der Waals surface area contributed by atoms with Crippen LogP contribution in [0.15, 0.2) is 24.9 Å². The Morgan fingerprint density at radius 3 is 2.68 bits per heavy atom. The summed E-state index contributed by atoms with van der Waals surface area (Å²) >= 11 is 6.19. The van der Waals surface area contributed by atoms with Gasteiger partial charge < -0.3 is 10.2 Å². The fraction of sp³-hybridized carbons (Fsp3) is 0.533. The Morgan fingerprint density at radius 1 is 1.47 bits per heavy atom. The van der Waals surface area contributed by atoms with Gasteiger partial charge in [0, 0.05) is 24.8 Å².